The molecule has 0 saturated heterocycles. The molecule has 0 aromatic heterocycles. The van der Waals surface area contributed by atoms with E-state index in [2.05, 4.69) is 18.6 Å². The average molecular weight is 253 g/mol. The molecule has 5 heteroatoms. The number of hydrogen-bond acceptors (Lipinski definition) is 5. The quantitative estimate of drug-likeness (QED) is 0.330. The van der Waals surface area contributed by atoms with E-state index in [9.17, 15) is 0 Å². The van der Waals surface area contributed by atoms with Crippen LogP contribution >= 0.6 is 0 Å². The van der Waals surface area contributed by atoms with E-state index in [0.717, 1.165) is 0 Å². The fourth-order valence-electron chi connectivity index (χ4n) is 1.04. The van der Waals surface area contributed by atoms with Gasteiger partial charge in [-0.1, -0.05) is 25.3 Å². The van der Waals surface area contributed by atoms with Crippen molar-refractivity contribution >= 4 is 5.69 Å². The third kappa shape index (κ3) is 5.22. The van der Waals surface area contributed by atoms with E-state index in [1.807, 2.05) is 18.2 Å². The highest BCUT2D eigenvalue weighted by Gasteiger charge is 1.94. The summed E-state index contributed by atoms with van der Waals surface area (Å²) >= 11 is 0. The zero-order valence-corrected chi connectivity index (χ0v) is 10.4. The van der Waals surface area contributed by atoms with E-state index in [0.29, 0.717) is 22.5 Å². The number of benzene rings is 1. The second-order valence-electron chi connectivity index (χ2n) is 3.19. The lowest BCUT2D eigenvalue weighted by atomic mass is 10.2. The molecule has 0 atom stereocenters. The molecule has 5 N–H and O–H groups in total. The molecule has 0 heterocycles. The molecular weight excluding hydrogens is 238 g/mol. The minimum atomic E-state index is 0.366. The fraction of sp³-hybridized carbons (Fsp3) is 0. The first-order chi connectivity index (χ1) is 9.14. The van der Waals surface area contributed by atoms with Gasteiger partial charge in [0, 0.05) is 5.70 Å². The molecule has 0 aliphatic carbocycles. The molecule has 0 unspecified atom stereocenters. The molecule has 5 nitrogen and oxygen atoms in total. The lowest BCUT2D eigenvalue weighted by Crippen LogP contribution is -2.07. The lowest BCUT2D eigenvalue weighted by Gasteiger charge is -1.99. The Labute approximate surface area is 112 Å². The maximum Gasteiger partial charge on any atom is 0.101 e. The number of nitrogens with two attached hydrogens (primary N) is 2. The van der Waals surface area contributed by atoms with Gasteiger partial charge in [-0.05, 0) is 24.3 Å². The number of nitrogen functional groups attached to an aromatic ring is 1. The Hall–Kier alpha value is -3.02. The molecule has 0 aliphatic rings. The number of hydrazine groups is 1. The van der Waals surface area contributed by atoms with E-state index in [4.69, 9.17) is 22.1 Å². The predicted molar refractivity (Wildman–Crippen MR) is 76.2 cm³/mol. The van der Waals surface area contributed by atoms with Crippen molar-refractivity contribution in [3.05, 3.63) is 66.4 Å². The van der Waals surface area contributed by atoms with Crippen molar-refractivity contribution in [2.75, 3.05) is 5.43 Å². The van der Waals surface area contributed by atoms with Gasteiger partial charge in [0.1, 0.15) is 12.1 Å². The topological polar surface area (TPSA) is 112 Å². The summed E-state index contributed by atoms with van der Waals surface area (Å²) in [5.41, 5.74) is 9.68. The summed E-state index contributed by atoms with van der Waals surface area (Å²) in [6.07, 6.45) is 2.82. The number of anilines is 1. The van der Waals surface area contributed by atoms with Gasteiger partial charge < -0.3 is 11.2 Å². The van der Waals surface area contributed by atoms with E-state index in [1.54, 1.807) is 18.2 Å². The number of para-hydroxylation sites is 1. The molecule has 0 aliphatic heterocycles. The Balaban J connectivity index is 0.000000344. The van der Waals surface area contributed by atoms with Crippen molar-refractivity contribution < 1.29 is 0 Å². The number of rotatable bonds is 3. The Morgan fingerprint density at radius 3 is 2.16 bits per heavy atom. The van der Waals surface area contributed by atoms with Crippen LogP contribution in [-0.4, -0.2) is 0 Å². The third-order valence-electron chi connectivity index (χ3n) is 2.06. The molecular formula is C14H15N5. The summed E-state index contributed by atoms with van der Waals surface area (Å²) in [7, 11) is 0. The monoisotopic (exact) mass is 253 g/mol. The summed E-state index contributed by atoms with van der Waals surface area (Å²) in [6.45, 7) is 6.79. The molecule has 0 radical (unpaired) electrons. The molecule has 0 spiro atoms. The SMILES string of the molecule is C=C/C(N)=C(/C#N)C=C.N#Cc1ccccc1NN. The number of nitrogens with one attached hydrogen (secondary N) is 1. The lowest BCUT2D eigenvalue weighted by molar-refractivity contribution is 1.33. The van der Waals surface area contributed by atoms with Crippen molar-refractivity contribution in [1.29, 1.82) is 10.5 Å². The molecule has 1 aromatic rings. The third-order valence-corrected chi connectivity index (χ3v) is 2.06. The average Bonchev–Trinajstić information content (AvgIpc) is 2.48. The second-order valence-corrected chi connectivity index (χ2v) is 3.19. The maximum atomic E-state index is 8.50. The summed E-state index contributed by atoms with van der Waals surface area (Å²) < 4.78 is 0. The maximum absolute atomic E-state index is 8.50. The van der Waals surface area contributed by atoms with Crippen molar-refractivity contribution in [2.45, 2.75) is 0 Å². The molecule has 1 rings (SSSR count). The first-order valence-corrected chi connectivity index (χ1v) is 5.25. The van der Waals surface area contributed by atoms with Gasteiger partial charge >= 0.3 is 0 Å². The van der Waals surface area contributed by atoms with Crippen LogP contribution in [0.2, 0.25) is 0 Å². The predicted octanol–water partition coefficient (Wildman–Crippen LogP) is 1.94. The minimum Gasteiger partial charge on any atom is -0.398 e. The van der Waals surface area contributed by atoms with Gasteiger partial charge in [-0.3, -0.25) is 5.84 Å². The van der Waals surface area contributed by atoms with E-state index >= 15 is 0 Å². The first kappa shape index (κ1) is 16.0. The minimum absolute atomic E-state index is 0.366. The van der Waals surface area contributed by atoms with Gasteiger partial charge in [0.25, 0.3) is 0 Å². The number of hydrogen-bond donors (Lipinski definition) is 3. The zero-order valence-electron chi connectivity index (χ0n) is 10.4. The van der Waals surface area contributed by atoms with Crippen LogP contribution in [0.1, 0.15) is 5.56 Å². The summed E-state index contributed by atoms with van der Waals surface area (Å²) in [5, 5.41) is 16.8. The summed E-state index contributed by atoms with van der Waals surface area (Å²) in [5.74, 6) is 5.13. The zero-order chi connectivity index (χ0) is 14.7. The molecule has 96 valence electrons. The first-order valence-electron chi connectivity index (χ1n) is 5.25. The normalized spacial score (nSPS) is 9.63. The number of nitrogens with zero attached hydrogens (tertiary/aromatic N) is 2. The second kappa shape index (κ2) is 9.06. The molecule has 1 aromatic carbocycles. The van der Waals surface area contributed by atoms with Crippen molar-refractivity contribution in [3.8, 4) is 12.1 Å². The smallest absolute Gasteiger partial charge is 0.101 e. The molecule has 0 bridgehead atoms. The van der Waals surface area contributed by atoms with Crippen LogP contribution in [0.25, 0.3) is 0 Å². The van der Waals surface area contributed by atoms with Gasteiger partial charge in [0.2, 0.25) is 0 Å². The van der Waals surface area contributed by atoms with Gasteiger partial charge in [-0.15, -0.1) is 0 Å². The Morgan fingerprint density at radius 2 is 1.84 bits per heavy atom. The molecule has 19 heavy (non-hydrogen) atoms. The van der Waals surface area contributed by atoms with E-state index in [-0.39, 0.29) is 0 Å². The Morgan fingerprint density at radius 1 is 1.21 bits per heavy atom. The van der Waals surface area contributed by atoms with Crippen LogP contribution < -0.4 is 17.0 Å². The van der Waals surface area contributed by atoms with Crippen molar-refractivity contribution in [2.24, 2.45) is 11.6 Å². The van der Waals surface area contributed by atoms with Crippen LogP contribution in [0.4, 0.5) is 5.69 Å². The summed E-state index contributed by atoms with van der Waals surface area (Å²) in [6, 6.07) is 10.9. The number of nitriles is 2. The van der Waals surface area contributed by atoms with Crippen molar-refractivity contribution in [1.82, 2.24) is 0 Å². The highest BCUT2D eigenvalue weighted by atomic mass is 15.2. The van der Waals surface area contributed by atoms with Crippen LogP contribution in [0.5, 0.6) is 0 Å². The highest BCUT2D eigenvalue weighted by molar-refractivity contribution is 5.56. The van der Waals surface area contributed by atoms with Gasteiger partial charge in [0.05, 0.1) is 16.8 Å². The van der Waals surface area contributed by atoms with Gasteiger partial charge in [-0.25, -0.2) is 0 Å². The number of allylic oxidation sites excluding steroid dienone is 3. The van der Waals surface area contributed by atoms with Crippen LogP contribution in [0.15, 0.2) is 60.8 Å². The van der Waals surface area contributed by atoms with Crippen molar-refractivity contribution in [3.63, 3.8) is 0 Å². The van der Waals surface area contributed by atoms with E-state index < -0.39 is 0 Å². The molecule has 0 amide bonds. The molecule has 0 saturated carbocycles. The Bertz CT molecular complexity index is 558. The standard InChI is InChI=1S/C7H7N3.C7H8N2/c8-5-6-3-1-2-4-7(6)10-9;1-3-6(5-8)7(9)4-2/h1-4,10H,9H2;3-4H,1-2,9H2/b;7-6-. The molecule has 0 fully saturated rings. The largest absolute Gasteiger partial charge is 0.398 e. The Kier molecular flexibility index (Phi) is 7.62. The van der Waals surface area contributed by atoms with Crippen LogP contribution in [0, 0.1) is 22.7 Å². The highest BCUT2D eigenvalue weighted by Crippen LogP contribution is 2.10. The summed E-state index contributed by atoms with van der Waals surface area (Å²) in [4.78, 5) is 0. The fourth-order valence-corrected chi connectivity index (χ4v) is 1.04. The van der Waals surface area contributed by atoms with Gasteiger partial charge in [-0.2, -0.15) is 10.5 Å². The van der Waals surface area contributed by atoms with Gasteiger partial charge in [0.15, 0.2) is 0 Å². The van der Waals surface area contributed by atoms with Crippen LogP contribution in [0.3, 0.4) is 0 Å². The van der Waals surface area contributed by atoms with E-state index in [1.165, 1.54) is 12.2 Å². The van der Waals surface area contributed by atoms with Crippen LogP contribution in [-0.2, 0) is 0 Å².